The maximum atomic E-state index is 15.9. The molecule has 45 heavy (non-hydrogen) atoms. The predicted octanol–water partition coefficient (Wildman–Crippen LogP) is 4.22. The number of nitrogens with one attached hydrogen (secondary N) is 1. The highest BCUT2D eigenvalue weighted by Gasteiger charge is 2.27. The first-order valence-corrected chi connectivity index (χ1v) is 13.1. The summed E-state index contributed by atoms with van der Waals surface area (Å²) in [5.74, 6) is -9.37. The summed E-state index contributed by atoms with van der Waals surface area (Å²) in [5, 5.41) is 27.4. The Hall–Kier alpha value is -6.25. The number of hydrogen-bond donors (Lipinski definition) is 5. The number of carboxylic acid groups (broad SMARTS) is 1. The van der Waals surface area contributed by atoms with Crippen LogP contribution in [0, 0.1) is 17.0 Å². The van der Waals surface area contributed by atoms with Crippen molar-refractivity contribution >= 4 is 23.5 Å². The topological polar surface area (TPSA) is 207 Å². The van der Waals surface area contributed by atoms with Crippen LogP contribution in [0.1, 0.15) is 31.8 Å². The van der Waals surface area contributed by atoms with Crippen molar-refractivity contribution in [3.63, 3.8) is 0 Å². The summed E-state index contributed by atoms with van der Waals surface area (Å²) in [6.45, 7) is 1.29. The van der Waals surface area contributed by atoms with E-state index in [0.717, 1.165) is 30.3 Å². The summed E-state index contributed by atoms with van der Waals surface area (Å²) in [7, 11) is 1.85. The first-order chi connectivity index (χ1) is 21.4. The maximum Gasteiger partial charge on any atom is 0.335 e. The molecule has 13 nitrogen and oxygen atoms in total. The number of aromatic hydroxyl groups is 1. The number of carboxylic acids is 1. The summed E-state index contributed by atoms with van der Waals surface area (Å²) in [6, 6.07) is 12.9. The largest absolute Gasteiger partial charge is 0.504 e. The van der Waals surface area contributed by atoms with Gasteiger partial charge in [0, 0.05) is 30.3 Å². The minimum Gasteiger partial charge on any atom is -0.504 e. The number of halogens is 2. The van der Waals surface area contributed by atoms with Gasteiger partial charge >= 0.3 is 5.97 Å². The number of aliphatic imine (C=N–C) groups is 1. The highest BCUT2D eigenvalue weighted by Crippen LogP contribution is 2.41. The lowest BCUT2D eigenvalue weighted by molar-refractivity contribution is 0.0696. The van der Waals surface area contributed by atoms with Gasteiger partial charge < -0.3 is 40.8 Å². The number of amidine groups is 2. The Morgan fingerprint density at radius 1 is 0.911 bits per heavy atom. The lowest BCUT2D eigenvalue weighted by Gasteiger charge is -2.17. The van der Waals surface area contributed by atoms with Crippen LogP contribution in [0.25, 0.3) is 0 Å². The van der Waals surface area contributed by atoms with Crippen LogP contribution >= 0.6 is 0 Å². The fraction of sp³-hybridized carbons (Fsp3) is 0.100. The van der Waals surface area contributed by atoms with Gasteiger partial charge in [0.2, 0.25) is 23.3 Å². The van der Waals surface area contributed by atoms with Crippen molar-refractivity contribution in [2.75, 3.05) is 20.1 Å². The summed E-state index contributed by atoms with van der Waals surface area (Å²) in [5.41, 5.74) is 10.8. The molecular weight excluding hydrogens is 594 g/mol. The van der Waals surface area contributed by atoms with Crippen LogP contribution in [0.4, 0.5) is 8.78 Å². The number of amides is 1. The van der Waals surface area contributed by atoms with Gasteiger partial charge in [0.15, 0.2) is 11.5 Å². The van der Waals surface area contributed by atoms with Gasteiger partial charge in [-0.1, -0.05) is 12.1 Å². The fourth-order valence-corrected chi connectivity index (χ4v) is 4.27. The zero-order valence-electron chi connectivity index (χ0n) is 23.4. The van der Waals surface area contributed by atoms with Crippen LogP contribution in [0.15, 0.2) is 65.7 Å². The number of carbonyl (C=O) groups is 2. The molecule has 0 fully saturated rings. The van der Waals surface area contributed by atoms with Gasteiger partial charge in [-0.3, -0.25) is 15.2 Å². The second-order valence-electron chi connectivity index (χ2n) is 9.65. The zero-order chi connectivity index (χ0) is 32.4. The molecule has 0 aliphatic carbocycles. The Morgan fingerprint density at radius 2 is 1.62 bits per heavy atom. The molecule has 2 heterocycles. The van der Waals surface area contributed by atoms with Gasteiger partial charge in [0.1, 0.15) is 23.2 Å². The molecule has 0 bridgehead atoms. The van der Waals surface area contributed by atoms with E-state index in [9.17, 15) is 19.8 Å². The molecule has 0 radical (unpaired) electrons. The first kappa shape index (κ1) is 30.2. The maximum absolute atomic E-state index is 15.9. The number of hydrogen-bond acceptors (Lipinski definition) is 10. The van der Waals surface area contributed by atoms with E-state index >= 15 is 8.78 Å². The molecule has 0 spiro atoms. The van der Waals surface area contributed by atoms with Crippen molar-refractivity contribution in [3.8, 4) is 40.5 Å². The second-order valence-corrected chi connectivity index (χ2v) is 9.65. The van der Waals surface area contributed by atoms with Crippen molar-refractivity contribution in [2.45, 2.75) is 0 Å². The highest BCUT2D eigenvalue weighted by molar-refractivity contribution is 6.00. The van der Waals surface area contributed by atoms with E-state index < -0.39 is 63.8 Å². The van der Waals surface area contributed by atoms with Gasteiger partial charge in [-0.05, 0) is 48.5 Å². The van der Waals surface area contributed by atoms with Gasteiger partial charge in [-0.2, -0.15) is 13.8 Å². The Kier molecular flexibility index (Phi) is 8.17. The highest BCUT2D eigenvalue weighted by atomic mass is 19.1. The van der Waals surface area contributed by atoms with Crippen LogP contribution in [-0.4, -0.2) is 63.8 Å². The molecule has 1 aliphatic heterocycles. The number of primary amides is 1. The first-order valence-electron chi connectivity index (χ1n) is 13.1. The fourth-order valence-electron chi connectivity index (χ4n) is 4.27. The average Bonchev–Trinajstić information content (AvgIpc) is 3.44. The van der Waals surface area contributed by atoms with Crippen molar-refractivity contribution in [1.29, 1.82) is 5.41 Å². The number of phenolic OH excluding ortho intramolecular Hbond substituents is 1. The molecular formula is C30H24F2N6O7. The molecule has 3 aromatic carbocycles. The van der Waals surface area contributed by atoms with Gasteiger partial charge in [0.25, 0.3) is 11.8 Å². The number of aromatic carboxylic acids is 1. The lowest BCUT2D eigenvalue weighted by Crippen LogP contribution is -2.23. The van der Waals surface area contributed by atoms with Gasteiger partial charge in [-0.15, -0.1) is 0 Å². The molecule has 7 N–H and O–H groups in total. The standard InChI is InChI=1S/C30H24F2N6O7/c1-38-8-7-36-27(38)15-3-2-4-18(10-15)44-28-22(31)24(43-19-11-16(26(35)40)9-17(12-19)30(41)42)23(32)29(37-28)45-21-13-14(25(33)34)5-6-20(21)39/h2-6,9-13,39H,7-8H2,1H3,(H3,33,34)(H2,35,40)(H,41,42). The van der Waals surface area contributed by atoms with Crippen LogP contribution < -0.4 is 25.7 Å². The van der Waals surface area contributed by atoms with E-state index in [4.69, 9.17) is 31.1 Å². The number of phenols is 1. The molecule has 15 heteroatoms. The normalized spacial score (nSPS) is 12.4. The third-order valence-corrected chi connectivity index (χ3v) is 6.48. The van der Waals surface area contributed by atoms with Crippen LogP contribution in [0.5, 0.6) is 40.5 Å². The number of pyridine rings is 1. The second kappa shape index (κ2) is 12.2. The smallest absolute Gasteiger partial charge is 0.335 e. The Bertz CT molecular complexity index is 1870. The quantitative estimate of drug-likeness (QED) is 0.126. The number of aromatic nitrogens is 1. The van der Waals surface area contributed by atoms with E-state index in [1.165, 1.54) is 12.1 Å². The Labute approximate surface area is 253 Å². The van der Waals surface area contributed by atoms with E-state index in [2.05, 4.69) is 9.98 Å². The van der Waals surface area contributed by atoms with E-state index in [-0.39, 0.29) is 22.7 Å². The van der Waals surface area contributed by atoms with Crippen molar-refractivity contribution < 1.29 is 42.8 Å². The Balaban J connectivity index is 1.62. The summed E-state index contributed by atoms with van der Waals surface area (Å²) >= 11 is 0. The van der Waals surface area contributed by atoms with Crippen molar-refractivity contribution in [1.82, 2.24) is 9.88 Å². The molecule has 1 aromatic heterocycles. The van der Waals surface area contributed by atoms with Gasteiger partial charge in [-0.25, -0.2) is 4.79 Å². The molecule has 0 saturated heterocycles. The molecule has 4 aromatic rings. The number of nitrogen functional groups attached to an aromatic ring is 1. The molecule has 1 aliphatic rings. The van der Waals surface area contributed by atoms with E-state index in [1.807, 2.05) is 11.9 Å². The number of carbonyl (C=O) groups excluding carboxylic acids is 1. The van der Waals surface area contributed by atoms with E-state index in [0.29, 0.717) is 24.5 Å². The molecule has 0 saturated carbocycles. The zero-order valence-corrected chi connectivity index (χ0v) is 23.4. The molecule has 0 atom stereocenters. The SMILES string of the molecule is CN1CCN=C1c1cccc(Oc2nc(Oc3cc(C(=N)N)ccc3O)c(F)c(Oc3cc(C(N)=O)cc(C(=O)O)c3)c2F)c1. The average molecular weight is 619 g/mol. The number of rotatable bonds is 10. The minimum absolute atomic E-state index is 0.0794. The number of nitrogens with zero attached hydrogens (tertiary/aromatic N) is 3. The number of nitrogens with two attached hydrogens (primary N) is 2. The Morgan fingerprint density at radius 3 is 2.27 bits per heavy atom. The van der Waals surface area contributed by atoms with Crippen LogP contribution in [-0.2, 0) is 0 Å². The summed E-state index contributed by atoms with van der Waals surface area (Å²) < 4.78 is 48.4. The molecule has 230 valence electrons. The predicted molar refractivity (Wildman–Crippen MR) is 156 cm³/mol. The van der Waals surface area contributed by atoms with Crippen LogP contribution in [0.2, 0.25) is 0 Å². The minimum atomic E-state index is -1.52. The number of ether oxygens (including phenoxy) is 3. The van der Waals surface area contributed by atoms with Gasteiger partial charge in [0.05, 0.1) is 12.1 Å². The third-order valence-electron chi connectivity index (χ3n) is 6.48. The third kappa shape index (κ3) is 6.41. The van der Waals surface area contributed by atoms with Crippen molar-refractivity contribution in [2.24, 2.45) is 16.5 Å². The van der Waals surface area contributed by atoms with Crippen LogP contribution in [0.3, 0.4) is 0 Å². The lowest BCUT2D eigenvalue weighted by atomic mass is 10.1. The van der Waals surface area contributed by atoms with Crippen molar-refractivity contribution in [3.05, 3.63) is 94.6 Å². The molecule has 1 amide bonds. The summed E-state index contributed by atoms with van der Waals surface area (Å²) in [4.78, 5) is 33.6. The monoisotopic (exact) mass is 618 g/mol. The summed E-state index contributed by atoms with van der Waals surface area (Å²) in [6.07, 6.45) is 0. The molecule has 0 unspecified atom stereocenters. The van der Waals surface area contributed by atoms with E-state index in [1.54, 1.807) is 18.2 Å². The number of benzene rings is 3. The molecule has 5 rings (SSSR count). The number of likely N-dealkylation sites (N-methyl/N-ethyl adjacent to an activating group) is 1.